The van der Waals surface area contributed by atoms with Gasteiger partial charge in [-0.1, -0.05) is 29.8 Å². The number of nitrogens with zero attached hydrogens (tertiary/aromatic N) is 4. The molecule has 0 N–H and O–H groups in total. The van der Waals surface area contributed by atoms with Crippen molar-refractivity contribution >= 4 is 17.4 Å². The summed E-state index contributed by atoms with van der Waals surface area (Å²) < 4.78 is 5.40. The number of rotatable bonds is 6. The highest BCUT2D eigenvalue weighted by Gasteiger charge is 2.41. The first-order valence-corrected chi connectivity index (χ1v) is 11.0. The molecule has 0 unspecified atom stereocenters. The molecule has 2 saturated heterocycles. The lowest BCUT2D eigenvalue weighted by atomic mass is 10.0. The molecule has 0 bridgehead atoms. The molecule has 4 rings (SSSR count). The van der Waals surface area contributed by atoms with Crippen LogP contribution in [0.1, 0.15) is 17.5 Å². The van der Waals surface area contributed by atoms with Crippen molar-refractivity contribution in [3.8, 4) is 0 Å². The van der Waals surface area contributed by atoms with Crippen LogP contribution in [0.4, 0.5) is 0 Å². The number of amides is 2. The number of imide groups is 1. The Morgan fingerprint density at radius 3 is 2.20 bits per heavy atom. The topological polar surface area (TPSA) is 56.3 Å². The van der Waals surface area contributed by atoms with E-state index in [0.29, 0.717) is 17.8 Å². The smallest absolute Gasteiger partial charge is 0.277 e. The molecule has 2 amide bonds. The molecule has 0 aliphatic carbocycles. The average molecular weight is 413 g/mol. The van der Waals surface area contributed by atoms with E-state index in [4.69, 9.17) is 4.74 Å². The van der Waals surface area contributed by atoms with Gasteiger partial charge in [0.05, 0.1) is 18.8 Å². The average Bonchev–Trinajstić information content (AvgIpc) is 3.00. The minimum absolute atomic E-state index is 0.137. The lowest BCUT2D eigenvalue weighted by Crippen LogP contribution is -2.46. The molecule has 1 aromatic rings. The lowest BCUT2D eigenvalue weighted by molar-refractivity contribution is -0.137. The van der Waals surface area contributed by atoms with Gasteiger partial charge in [0, 0.05) is 52.4 Å². The van der Waals surface area contributed by atoms with Crippen LogP contribution in [0.2, 0.25) is 0 Å². The first-order valence-electron chi connectivity index (χ1n) is 11.0. The first-order chi connectivity index (χ1) is 14.5. The Bertz CT molecular complexity index is 806. The van der Waals surface area contributed by atoms with Crippen LogP contribution in [0.25, 0.3) is 5.57 Å². The molecular weight excluding hydrogens is 380 g/mol. The van der Waals surface area contributed by atoms with E-state index in [1.165, 1.54) is 4.90 Å². The van der Waals surface area contributed by atoms with Gasteiger partial charge < -0.3 is 14.5 Å². The fourth-order valence-electron chi connectivity index (χ4n) is 4.35. The van der Waals surface area contributed by atoms with Crippen LogP contribution in [0, 0.1) is 6.92 Å². The Kier molecular flexibility index (Phi) is 6.51. The fraction of sp³-hybridized carbons (Fsp3) is 0.565. The second-order valence-corrected chi connectivity index (χ2v) is 8.45. The Hall–Kier alpha value is -2.22. The maximum atomic E-state index is 13.4. The Morgan fingerprint density at radius 2 is 1.53 bits per heavy atom. The number of carbonyl (C=O) groups is 2. The molecule has 7 nitrogen and oxygen atoms in total. The summed E-state index contributed by atoms with van der Waals surface area (Å²) in [6.07, 6.45) is 0.786. The molecular formula is C23H32N4O3. The van der Waals surface area contributed by atoms with Crippen molar-refractivity contribution < 1.29 is 14.3 Å². The maximum absolute atomic E-state index is 13.4. The molecule has 7 heteroatoms. The van der Waals surface area contributed by atoms with E-state index < -0.39 is 0 Å². The normalized spacial score (nSPS) is 21.8. The van der Waals surface area contributed by atoms with E-state index >= 15 is 0 Å². The molecule has 1 aromatic carbocycles. The van der Waals surface area contributed by atoms with Crippen LogP contribution >= 0.6 is 0 Å². The molecule has 0 atom stereocenters. The SMILES string of the molecule is Cc1ccc(C2=C(N3CCN(C)CC3)C(=O)N(CCCN3CCOCC3)C2=O)cc1. The largest absolute Gasteiger partial charge is 0.379 e. The standard InChI is InChI=1S/C23H32N4O3/c1-18-4-6-19(7-5-18)20-21(26-12-10-24(2)11-13-26)23(29)27(22(20)28)9-3-8-25-14-16-30-17-15-25/h4-7H,3,8-17H2,1-2H3. The number of hydrogen-bond donors (Lipinski definition) is 0. The fourth-order valence-corrected chi connectivity index (χ4v) is 4.35. The van der Waals surface area contributed by atoms with Gasteiger partial charge in [-0.05, 0) is 26.0 Å². The van der Waals surface area contributed by atoms with Gasteiger partial charge in [-0.25, -0.2) is 0 Å². The maximum Gasteiger partial charge on any atom is 0.277 e. The zero-order valence-electron chi connectivity index (χ0n) is 18.1. The zero-order chi connectivity index (χ0) is 21.1. The molecule has 162 valence electrons. The monoisotopic (exact) mass is 412 g/mol. The summed E-state index contributed by atoms with van der Waals surface area (Å²) in [5.74, 6) is -0.290. The van der Waals surface area contributed by atoms with Crippen molar-refractivity contribution in [2.75, 3.05) is 72.6 Å². The summed E-state index contributed by atoms with van der Waals surface area (Å²) in [5, 5.41) is 0. The predicted octanol–water partition coefficient (Wildman–Crippen LogP) is 1.04. The van der Waals surface area contributed by atoms with Gasteiger partial charge in [0.25, 0.3) is 11.8 Å². The van der Waals surface area contributed by atoms with Gasteiger partial charge in [0.1, 0.15) is 5.70 Å². The molecule has 0 saturated carbocycles. The number of carbonyl (C=O) groups excluding carboxylic acids is 2. The Balaban J connectivity index is 1.53. The van der Waals surface area contributed by atoms with Gasteiger partial charge in [-0.3, -0.25) is 19.4 Å². The van der Waals surface area contributed by atoms with Crippen LogP contribution in [-0.2, 0) is 14.3 Å². The zero-order valence-corrected chi connectivity index (χ0v) is 18.1. The van der Waals surface area contributed by atoms with Gasteiger partial charge in [0.2, 0.25) is 0 Å². The number of benzene rings is 1. The second kappa shape index (κ2) is 9.29. The van der Waals surface area contributed by atoms with Crippen LogP contribution in [0.15, 0.2) is 30.0 Å². The number of aryl methyl sites for hydroxylation is 1. The van der Waals surface area contributed by atoms with Crippen LogP contribution in [-0.4, -0.2) is 104 Å². The number of hydrogen-bond acceptors (Lipinski definition) is 6. The van der Waals surface area contributed by atoms with E-state index in [0.717, 1.165) is 76.6 Å². The van der Waals surface area contributed by atoms with E-state index in [1.807, 2.05) is 31.2 Å². The molecule has 30 heavy (non-hydrogen) atoms. The summed E-state index contributed by atoms with van der Waals surface area (Å²) in [5.41, 5.74) is 3.13. The highest BCUT2D eigenvalue weighted by molar-refractivity contribution is 6.35. The summed E-state index contributed by atoms with van der Waals surface area (Å²) in [6, 6.07) is 7.93. The van der Waals surface area contributed by atoms with Crippen molar-refractivity contribution in [2.24, 2.45) is 0 Å². The summed E-state index contributed by atoms with van der Waals surface area (Å²) >= 11 is 0. The van der Waals surface area contributed by atoms with Crippen LogP contribution in [0.3, 0.4) is 0 Å². The summed E-state index contributed by atoms with van der Waals surface area (Å²) in [6.45, 7) is 10.0. The van der Waals surface area contributed by atoms with Crippen molar-refractivity contribution in [1.82, 2.24) is 19.6 Å². The van der Waals surface area contributed by atoms with Gasteiger partial charge in [0.15, 0.2) is 0 Å². The number of ether oxygens (including phenoxy) is 1. The molecule has 2 fully saturated rings. The molecule has 0 spiro atoms. The molecule has 3 aliphatic rings. The van der Waals surface area contributed by atoms with Crippen molar-refractivity contribution in [3.63, 3.8) is 0 Å². The van der Waals surface area contributed by atoms with Gasteiger partial charge in [-0.15, -0.1) is 0 Å². The molecule has 0 aromatic heterocycles. The summed E-state index contributed by atoms with van der Waals surface area (Å²) in [7, 11) is 2.09. The van der Waals surface area contributed by atoms with Crippen molar-refractivity contribution in [3.05, 3.63) is 41.1 Å². The number of likely N-dealkylation sites (N-methyl/N-ethyl adjacent to an activating group) is 1. The van der Waals surface area contributed by atoms with Crippen molar-refractivity contribution in [2.45, 2.75) is 13.3 Å². The van der Waals surface area contributed by atoms with E-state index in [-0.39, 0.29) is 11.8 Å². The summed E-state index contributed by atoms with van der Waals surface area (Å²) in [4.78, 5) is 34.9. The molecule has 3 heterocycles. The molecule has 0 radical (unpaired) electrons. The van der Waals surface area contributed by atoms with E-state index in [2.05, 4.69) is 21.7 Å². The Morgan fingerprint density at radius 1 is 0.867 bits per heavy atom. The second-order valence-electron chi connectivity index (χ2n) is 8.45. The predicted molar refractivity (Wildman–Crippen MR) is 116 cm³/mol. The lowest BCUT2D eigenvalue weighted by Gasteiger charge is -2.34. The third-order valence-electron chi connectivity index (χ3n) is 6.26. The van der Waals surface area contributed by atoms with Gasteiger partial charge in [-0.2, -0.15) is 0 Å². The van der Waals surface area contributed by atoms with E-state index in [1.54, 1.807) is 0 Å². The number of piperazine rings is 1. The third-order valence-corrected chi connectivity index (χ3v) is 6.26. The minimum atomic E-state index is -0.153. The quantitative estimate of drug-likeness (QED) is 0.651. The van der Waals surface area contributed by atoms with Crippen LogP contribution < -0.4 is 0 Å². The van der Waals surface area contributed by atoms with Gasteiger partial charge >= 0.3 is 0 Å². The highest BCUT2D eigenvalue weighted by Crippen LogP contribution is 2.32. The highest BCUT2D eigenvalue weighted by atomic mass is 16.5. The number of morpholine rings is 1. The van der Waals surface area contributed by atoms with E-state index in [9.17, 15) is 9.59 Å². The first kappa shape index (κ1) is 21.0. The minimum Gasteiger partial charge on any atom is -0.379 e. The Labute approximate surface area is 178 Å². The van der Waals surface area contributed by atoms with Crippen LogP contribution in [0.5, 0.6) is 0 Å². The van der Waals surface area contributed by atoms with Crippen molar-refractivity contribution in [1.29, 1.82) is 0 Å². The third kappa shape index (κ3) is 4.43. The molecule has 3 aliphatic heterocycles.